The molecule has 1 aliphatic heterocycles. The standard InChI is InChI=1S/C13H16ClFN2O/c1-17-7-3-2-4-12(17)13(18)16-9-5-6-11(15)10(14)8-9/h5-6,8,12H,2-4,7H2,1H3,(H,16,18). The summed E-state index contributed by atoms with van der Waals surface area (Å²) in [4.78, 5) is 14.1. The van der Waals surface area contributed by atoms with E-state index in [9.17, 15) is 9.18 Å². The minimum atomic E-state index is -0.482. The van der Waals surface area contributed by atoms with Gasteiger partial charge in [-0.05, 0) is 44.6 Å². The Kier molecular flexibility index (Phi) is 4.19. The molecule has 1 fully saturated rings. The first-order chi connectivity index (χ1) is 8.58. The van der Waals surface area contributed by atoms with Crippen LogP contribution in [0.3, 0.4) is 0 Å². The fourth-order valence-corrected chi connectivity index (χ4v) is 2.39. The first-order valence-electron chi connectivity index (χ1n) is 6.04. The number of likely N-dealkylation sites (tertiary alicyclic amines) is 1. The summed E-state index contributed by atoms with van der Waals surface area (Å²) in [6.07, 6.45) is 3.05. The number of halogens is 2. The smallest absolute Gasteiger partial charge is 0.241 e. The summed E-state index contributed by atoms with van der Waals surface area (Å²) in [7, 11) is 1.95. The molecule has 0 radical (unpaired) electrons. The maximum absolute atomic E-state index is 13.0. The summed E-state index contributed by atoms with van der Waals surface area (Å²) in [6.45, 7) is 0.933. The maximum Gasteiger partial charge on any atom is 0.241 e. The average Bonchev–Trinajstić information content (AvgIpc) is 2.34. The van der Waals surface area contributed by atoms with E-state index in [1.54, 1.807) is 0 Å². The second-order valence-electron chi connectivity index (χ2n) is 4.61. The van der Waals surface area contributed by atoms with Gasteiger partial charge in [0.25, 0.3) is 0 Å². The van der Waals surface area contributed by atoms with Crippen molar-refractivity contribution in [2.75, 3.05) is 18.9 Å². The largest absolute Gasteiger partial charge is 0.325 e. The average molecular weight is 271 g/mol. The minimum absolute atomic E-state index is 0.0183. The van der Waals surface area contributed by atoms with Gasteiger partial charge in [0.2, 0.25) is 5.91 Å². The molecule has 0 bridgehead atoms. The van der Waals surface area contributed by atoms with Gasteiger partial charge < -0.3 is 5.32 Å². The molecule has 0 aromatic heterocycles. The highest BCUT2D eigenvalue weighted by Gasteiger charge is 2.25. The molecule has 1 saturated heterocycles. The van der Waals surface area contributed by atoms with Gasteiger partial charge in [0.1, 0.15) is 5.82 Å². The molecule has 1 aliphatic rings. The Balaban J connectivity index is 2.04. The van der Waals surface area contributed by atoms with E-state index in [0.717, 1.165) is 25.8 Å². The van der Waals surface area contributed by atoms with Crippen molar-refractivity contribution < 1.29 is 9.18 Å². The SMILES string of the molecule is CN1CCCCC1C(=O)Nc1ccc(F)c(Cl)c1. The van der Waals surface area contributed by atoms with Crippen LogP contribution in [0.25, 0.3) is 0 Å². The Hall–Kier alpha value is -1.13. The van der Waals surface area contributed by atoms with Gasteiger partial charge in [0.15, 0.2) is 0 Å². The van der Waals surface area contributed by atoms with E-state index < -0.39 is 5.82 Å². The number of hydrogen-bond acceptors (Lipinski definition) is 2. The molecule has 1 aromatic carbocycles. The van der Waals surface area contributed by atoms with Gasteiger partial charge in [-0.25, -0.2) is 4.39 Å². The molecular weight excluding hydrogens is 255 g/mol. The van der Waals surface area contributed by atoms with E-state index in [-0.39, 0.29) is 17.0 Å². The predicted octanol–water partition coefficient (Wildman–Crippen LogP) is 2.90. The molecule has 1 heterocycles. The van der Waals surface area contributed by atoms with Gasteiger partial charge in [-0.15, -0.1) is 0 Å². The van der Waals surface area contributed by atoms with Crippen molar-refractivity contribution in [1.29, 1.82) is 0 Å². The molecular formula is C13H16ClFN2O. The van der Waals surface area contributed by atoms with Crippen LogP contribution >= 0.6 is 11.6 Å². The molecule has 5 heteroatoms. The molecule has 0 spiro atoms. The van der Waals surface area contributed by atoms with E-state index in [2.05, 4.69) is 5.32 Å². The molecule has 1 unspecified atom stereocenters. The van der Waals surface area contributed by atoms with E-state index in [1.165, 1.54) is 18.2 Å². The normalized spacial score (nSPS) is 20.7. The van der Waals surface area contributed by atoms with Gasteiger partial charge >= 0.3 is 0 Å². The van der Waals surface area contributed by atoms with Crippen molar-refractivity contribution in [3.8, 4) is 0 Å². The van der Waals surface area contributed by atoms with Crippen molar-refractivity contribution in [2.45, 2.75) is 25.3 Å². The van der Waals surface area contributed by atoms with Gasteiger partial charge in [-0.3, -0.25) is 9.69 Å². The quantitative estimate of drug-likeness (QED) is 0.896. The lowest BCUT2D eigenvalue weighted by Gasteiger charge is -2.31. The second kappa shape index (κ2) is 5.67. The Labute approximate surface area is 111 Å². The molecule has 0 aliphatic carbocycles. The summed E-state index contributed by atoms with van der Waals surface area (Å²) in [6, 6.07) is 4.09. The first kappa shape index (κ1) is 13.3. The van der Waals surface area contributed by atoms with Crippen LogP contribution in [0.15, 0.2) is 18.2 Å². The summed E-state index contributed by atoms with van der Waals surface area (Å²) in [5.41, 5.74) is 0.533. The number of carbonyl (C=O) groups excluding carboxylic acids is 1. The molecule has 1 atom stereocenters. The number of benzene rings is 1. The second-order valence-corrected chi connectivity index (χ2v) is 5.02. The third-order valence-electron chi connectivity index (χ3n) is 3.26. The minimum Gasteiger partial charge on any atom is -0.325 e. The summed E-state index contributed by atoms with van der Waals surface area (Å²) < 4.78 is 13.0. The van der Waals surface area contributed by atoms with Crippen molar-refractivity contribution in [3.05, 3.63) is 29.0 Å². The fraction of sp³-hybridized carbons (Fsp3) is 0.462. The molecule has 0 saturated carbocycles. The number of nitrogens with one attached hydrogen (secondary N) is 1. The highest BCUT2D eigenvalue weighted by atomic mass is 35.5. The van der Waals surface area contributed by atoms with Crippen molar-refractivity contribution in [1.82, 2.24) is 4.90 Å². The number of hydrogen-bond donors (Lipinski definition) is 1. The molecule has 98 valence electrons. The van der Waals surface area contributed by atoms with Crippen molar-refractivity contribution in [3.63, 3.8) is 0 Å². The molecule has 1 aromatic rings. The lowest BCUT2D eigenvalue weighted by atomic mass is 10.0. The molecule has 1 amide bonds. The van der Waals surface area contributed by atoms with E-state index in [0.29, 0.717) is 5.69 Å². The van der Waals surface area contributed by atoms with Crippen LogP contribution in [0.4, 0.5) is 10.1 Å². The number of likely N-dealkylation sites (N-methyl/N-ethyl adjacent to an activating group) is 1. The van der Waals surface area contributed by atoms with Crippen molar-refractivity contribution >= 4 is 23.2 Å². The van der Waals surface area contributed by atoms with Crippen LogP contribution in [0.5, 0.6) is 0 Å². The molecule has 1 N–H and O–H groups in total. The number of anilines is 1. The first-order valence-corrected chi connectivity index (χ1v) is 6.42. The summed E-state index contributed by atoms with van der Waals surface area (Å²) in [5, 5.41) is 2.80. The molecule has 2 rings (SSSR count). The third kappa shape index (κ3) is 3.00. The number of rotatable bonds is 2. The van der Waals surface area contributed by atoms with Crippen LogP contribution in [-0.2, 0) is 4.79 Å². The Bertz CT molecular complexity index is 453. The Morgan fingerprint density at radius 3 is 2.94 bits per heavy atom. The van der Waals surface area contributed by atoms with Gasteiger partial charge in [-0.2, -0.15) is 0 Å². The third-order valence-corrected chi connectivity index (χ3v) is 3.55. The van der Waals surface area contributed by atoms with Gasteiger partial charge in [-0.1, -0.05) is 18.0 Å². The van der Waals surface area contributed by atoms with E-state index in [1.807, 2.05) is 11.9 Å². The van der Waals surface area contributed by atoms with Crippen LogP contribution < -0.4 is 5.32 Å². The zero-order valence-electron chi connectivity index (χ0n) is 10.2. The Morgan fingerprint density at radius 2 is 2.28 bits per heavy atom. The van der Waals surface area contributed by atoms with E-state index >= 15 is 0 Å². The fourth-order valence-electron chi connectivity index (χ4n) is 2.21. The predicted molar refractivity (Wildman–Crippen MR) is 70.3 cm³/mol. The van der Waals surface area contributed by atoms with Crippen LogP contribution in [0.1, 0.15) is 19.3 Å². The maximum atomic E-state index is 13.0. The number of piperidine rings is 1. The zero-order chi connectivity index (χ0) is 13.1. The van der Waals surface area contributed by atoms with E-state index in [4.69, 9.17) is 11.6 Å². The zero-order valence-corrected chi connectivity index (χ0v) is 11.0. The highest BCUT2D eigenvalue weighted by molar-refractivity contribution is 6.31. The van der Waals surface area contributed by atoms with Gasteiger partial charge in [0, 0.05) is 5.69 Å². The van der Waals surface area contributed by atoms with Crippen LogP contribution in [-0.4, -0.2) is 30.4 Å². The molecule has 3 nitrogen and oxygen atoms in total. The lowest BCUT2D eigenvalue weighted by molar-refractivity contribution is -0.121. The highest BCUT2D eigenvalue weighted by Crippen LogP contribution is 2.21. The number of amides is 1. The number of nitrogens with zero attached hydrogens (tertiary/aromatic N) is 1. The van der Waals surface area contributed by atoms with Crippen molar-refractivity contribution in [2.24, 2.45) is 0 Å². The number of carbonyl (C=O) groups is 1. The monoisotopic (exact) mass is 270 g/mol. The topological polar surface area (TPSA) is 32.3 Å². The lowest BCUT2D eigenvalue weighted by Crippen LogP contribution is -2.44. The van der Waals surface area contributed by atoms with Gasteiger partial charge in [0.05, 0.1) is 11.1 Å². The van der Waals surface area contributed by atoms with Crippen LogP contribution in [0, 0.1) is 5.82 Å². The summed E-state index contributed by atoms with van der Waals surface area (Å²) in [5.74, 6) is -0.538. The van der Waals surface area contributed by atoms with Crippen LogP contribution in [0.2, 0.25) is 5.02 Å². The molecule has 18 heavy (non-hydrogen) atoms. The summed E-state index contributed by atoms with van der Waals surface area (Å²) >= 11 is 5.68. The Morgan fingerprint density at radius 1 is 1.50 bits per heavy atom.